The number of carbonyl (C=O) groups excluding carboxylic acids is 2. The molecule has 1 aromatic heterocycles. The van der Waals surface area contributed by atoms with E-state index in [-0.39, 0.29) is 5.91 Å². The molecule has 1 N–H and O–H groups in total. The second-order valence-electron chi connectivity index (χ2n) is 6.03. The van der Waals surface area contributed by atoms with Gasteiger partial charge in [0.1, 0.15) is 5.82 Å². The molecule has 1 amide bonds. The smallest absolute Gasteiger partial charge is 0.331 e. The molecule has 0 saturated heterocycles. The van der Waals surface area contributed by atoms with Crippen LogP contribution in [-0.4, -0.2) is 30.6 Å². The van der Waals surface area contributed by atoms with Gasteiger partial charge in [-0.3, -0.25) is 4.79 Å². The summed E-state index contributed by atoms with van der Waals surface area (Å²) in [6, 6.07) is 3.42. The molecule has 0 bridgehead atoms. The normalized spacial score (nSPS) is 11.8. The maximum Gasteiger partial charge on any atom is 0.331 e. The zero-order valence-corrected chi connectivity index (χ0v) is 14.5. The van der Waals surface area contributed by atoms with E-state index in [1.807, 2.05) is 20.8 Å². The molecule has 0 atom stereocenters. The number of amides is 1. The molecule has 0 unspecified atom stereocenters. The van der Waals surface area contributed by atoms with Gasteiger partial charge in [0.2, 0.25) is 11.8 Å². The predicted octanol–water partition coefficient (Wildman–Crippen LogP) is 3.04. The number of carbonyl (C=O) groups is 2. The third-order valence-electron chi connectivity index (χ3n) is 3.04. The summed E-state index contributed by atoms with van der Waals surface area (Å²) in [5.41, 5.74) is 0.708. The van der Waals surface area contributed by atoms with E-state index in [4.69, 9.17) is 9.47 Å². The Morgan fingerprint density at radius 3 is 2.48 bits per heavy atom. The van der Waals surface area contributed by atoms with Crippen LogP contribution in [-0.2, 0) is 14.3 Å². The number of hydrogen-bond acceptors (Lipinski definition) is 5. The quantitative estimate of drug-likeness (QED) is 0.666. The molecule has 0 spiro atoms. The molecule has 1 rings (SSSR count). The lowest BCUT2D eigenvalue weighted by molar-refractivity contribution is -0.137. The molecule has 0 aromatic carbocycles. The van der Waals surface area contributed by atoms with Gasteiger partial charge >= 0.3 is 5.97 Å². The minimum absolute atomic E-state index is 0.177. The summed E-state index contributed by atoms with van der Waals surface area (Å²) in [7, 11) is 1.50. The summed E-state index contributed by atoms with van der Waals surface area (Å²) in [5, 5.41) is 2.79. The number of nitrogens with one attached hydrogen (secondary N) is 1. The lowest BCUT2D eigenvalue weighted by Crippen LogP contribution is -2.28. The van der Waals surface area contributed by atoms with Crippen LogP contribution in [0.25, 0.3) is 5.57 Å². The van der Waals surface area contributed by atoms with Gasteiger partial charge in [-0.25, -0.2) is 4.79 Å². The molecular weight excluding hydrogens is 296 g/mol. The third kappa shape index (κ3) is 5.39. The number of methoxy groups -OCH3 is 1. The summed E-state index contributed by atoms with van der Waals surface area (Å²) >= 11 is 0. The van der Waals surface area contributed by atoms with Crippen molar-refractivity contribution in [2.45, 2.75) is 34.6 Å². The van der Waals surface area contributed by atoms with Crippen molar-refractivity contribution in [1.29, 1.82) is 0 Å². The van der Waals surface area contributed by atoms with E-state index < -0.39 is 11.4 Å². The van der Waals surface area contributed by atoms with Crippen molar-refractivity contribution in [1.82, 2.24) is 4.98 Å². The standard InChI is InChI=1S/C17H24N2O4/c1-7-23-14(20)10-11(2)12-8-9-13(22-6)18-15(12)19-16(21)17(3,4)5/h8-10H,7H2,1-6H3,(H,18,19,21)/b11-10+. The average Bonchev–Trinajstić information content (AvgIpc) is 2.46. The van der Waals surface area contributed by atoms with Gasteiger partial charge in [-0.1, -0.05) is 20.8 Å². The van der Waals surface area contributed by atoms with E-state index in [1.165, 1.54) is 13.2 Å². The summed E-state index contributed by atoms with van der Waals surface area (Å²) in [6.07, 6.45) is 1.37. The molecule has 23 heavy (non-hydrogen) atoms. The van der Waals surface area contributed by atoms with Gasteiger partial charge in [0.15, 0.2) is 0 Å². The number of pyridine rings is 1. The van der Waals surface area contributed by atoms with E-state index >= 15 is 0 Å². The van der Waals surface area contributed by atoms with Crippen LogP contribution in [0.1, 0.15) is 40.2 Å². The number of allylic oxidation sites excluding steroid dienone is 1. The van der Waals surface area contributed by atoms with Gasteiger partial charge in [0, 0.05) is 23.1 Å². The van der Waals surface area contributed by atoms with Crippen LogP contribution in [0.4, 0.5) is 5.82 Å². The predicted molar refractivity (Wildman–Crippen MR) is 89.2 cm³/mol. The monoisotopic (exact) mass is 320 g/mol. The average molecular weight is 320 g/mol. The Morgan fingerprint density at radius 2 is 1.96 bits per heavy atom. The first-order valence-corrected chi connectivity index (χ1v) is 7.41. The zero-order valence-electron chi connectivity index (χ0n) is 14.5. The van der Waals surface area contributed by atoms with Crippen LogP contribution in [0, 0.1) is 5.41 Å². The van der Waals surface area contributed by atoms with Crippen molar-refractivity contribution >= 4 is 23.3 Å². The molecule has 0 radical (unpaired) electrons. The van der Waals surface area contributed by atoms with Crippen molar-refractivity contribution in [3.05, 3.63) is 23.8 Å². The molecule has 126 valence electrons. The lowest BCUT2D eigenvalue weighted by Gasteiger charge is -2.19. The molecule has 0 aliphatic rings. The van der Waals surface area contributed by atoms with Crippen molar-refractivity contribution < 1.29 is 19.1 Å². The van der Waals surface area contributed by atoms with Gasteiger partial charge in [0.05, 0.1) is 13.7 Å². The second-order valence-corrected chi connectivity index (χ2v) is 6.03. The van der Waals surface area contributed by atoms with Crippen LogP contribution < -0.4 is 10.1 Å². The largest absolute Gasteiger partial charge is 0.481 e. The number of anilines is 1. The van der Waals surface area contributed by atoms with Crippen LogP contribution in [0.2, 0.25) is 0 Å². The molecule has 1 heterocycles. The minimum atomic E-state index is -0.569. The maximum absolute atomic E-state index is 12.2. The Labute approximate surface area is 136 Å². The van der Waals surface area contributed by atoms with Gasteiger partial charge in [-0.15, -0.1) is 0 Å². The molecule has 6 nitrogen and oxygen atoms in total. The molecule has 0 aliphatic heterocycles. The maximum atomic E-state index is 12.2. The number of rotatable bonds is 5. The fourth-order valence-electron chi connectivity index (χ4n) is 1.70. The first kappa shape index (κ1) is 18.7. The van der Waals surface area contributed by atoms with Crippen molar-refractivity contribution in [3.63, 3.8) is 0 Å². The Morgan fingerprint density at radius 1 is 1.30 bits per heavy atom. The third-order valence-corrected chi connectivity index (χ3v) is 3.04. The Hall–Kier alpha value is -2.37. The highest BCUT2D eigenvalue weighted by Crippen LogP contribution is 2.26. The van der Waals surface area contributed by atoms with Crippen LogP contribution >= 0.6 is 0 Å². The topological polar surface area (TPSA) is 77.5 Å². The van der Waals surface area contributed by atoms with E-state index in [0.29, 0.717) is 29.4 Å². The van der Waals surface area contributed by atoms with Crippen molar-refractivity contribution in [2.75, 3.05) is 19.0 Å². The molecule has 6 heteroatoms. The highest BCUT2D eigenvalue weighted by Gasteiger charge is 2.23. The Kier molecular flexibility index (Phi) is 6.30. The Balaban J connectivity index is 3.21. The first-order chi connectivity index (χ1) is 10.7. The van der Waals surface area contributed by atoms with E-state index in [2.05, 4.69) is 10.3 Å². The minimum Gasteiger partial charge on any atom is -0.481 e. The highest BCUT2D eigenvalue weighted by molar-refractivity contribution is 5.98. The SMILES string of the molecule is CCOC(=O)/C=C(\C)c1ccc(OC)nc1NC(=O)C(C)(C)C. The van der Waals surface area contributed by atoms with E-state index in [9.17, 15) is 9.59 Å². The number of ether oxygens (including phenoxy) is 2. The van der Waals surface area contributed by atoms with Gasteiger partial charge < -0.3 is 14.8 Å². The fraction of sp³-hybridized carbons (Fsp3) is 0.471. The molecule has 0 aliphatic carbocycles. The zero-order chi connectivity index (χ0) is 17.6. The Bertz CT molecular complexity index is 616. The molecule has 0 fully saturated rings. The van der Waals surface area contributed by atoms with Crippen molar-refractivity contribution in [3.8, 4) is 5.88 Å². The number of esters is 1. The van der Waals surface area contributed by atoms with Gasteiger partial charge in [-0.2, -0.15) is 4.98 Å². The first-order valence-electron chi connectivity index (χ1n) is 7.41. The summed E-state index contributed by atoms with van der Waals surface area (Å²) in [5.74, 6) is 0.113. The van der Waals surface area contributed by atoms with E-state index in [1.54, 1.807) is 26.0 Å². The van der Waals surface area contributed by atoms with Crippen molar-refractivity contribution in [2.24, 2.45) is 5.41 Å². The number of nitrogens with zero attached hydrogens (tertiary/aromatic N) is 1. The fourth-order valence-corrected chi connectivity index (χ4v) is 1.70. The summed E-state index contributed by atoms with van der Waals surface area (Å²) in [4.78, 5) is 28.1. The molecule has 1 aromatic rings. The van der Waals surface area contributed by atoms with Crippen LogP contribution in [0.5, 0.6) is 5.88 Å². The lowest BCUT2D eigenvalue weighted by atomic mass is 9.95. The van der Waals surface area contributed by atoms with Crippen LogP contribution in [0.3, 0.4) is 0 Å². The number of aromatic nitrogens is 1. The summed E-state index contributed by atoms with van der Waals surface area (Å²) in [6.45, 7) is 9.23. The summed E-state index contributed by atoms with van der Waals surface area (Å²) < 4.78 is 10.0. The van der Waals surface area contributed by atoms with E-state index in [0.717, 1.165) is 0 Å². The van der Waals surface area contributed by atoms with Gasteiger partial charge in [-0.05, 0) is 25.5 Å². The molecular formula is C17H24N2O4. The number of hydrogen-bond donors (Lipinski definition) is 1. The highest BCUT2D eigenvalue weighted by atomic mass is 16.5. The second kappa shape index (κ2) is 7.76. The van der Waals surface area contributed by atoms with Crippen LogP contribution in [0.15, 0.2) is 18.2 Å². The molecule has 0 saturated carbocycles. The van der Waals surface area contributed by atoms with Gasteiger partial charge in [0.25, 0.3) is 0 Å².